The van der Waals surface area contributed by atoms with Gasteiger partial charge in [-0.05, 0) is 12.8 Å². The number of hydrogen-bond acceptors (Lipinski definition) is 2. The Bertz CT molecular complexity index is 218. The number of hydrogen-bond donors (Lipinski definition) is 1. The van der Waals surface area contributed by atoms with E-state index in [1.54, 1.807) is 0 Å². The highest BCUT2D eigenvalue weighted by molar-refractivity contribution is 5.80. The minimum atomic E-state index is -0.285. The number of nitrogens with one attached hydrogen (secondary N) is 1. The van der Waals surface area contributed by atoms with Gasteiger partial charge < -0.3 is 10.2 Å². The van der Waals surface area contributed by atoms with Crippen LogP contribution < -0.4 is 5.32 Å². The van der Waals surface area contributed by atoms with Gasteiger partial charge in [0, 0.05) is 32.1 Å². The average Bonchev–Trinajstić information content (AvgIpc) is 2.15. The third-order valence-corrected chi connectivity index (χ3v) is 3.18. The fourth-order valence-corrected chi connectivity index (χ4v) is 2.11. The molecule has 0 aliphatic carbocycles. The molecular weight excluding hydrogens is 183 g/mol. The summed E-state index contributed by atoms with van der Waals surface area (Å²) in [7, 11) is 0. The van der Waals surface area contributed by atoms with Crippen molar-refractivity contribution in [1.29, 1.82) is 0 Å². The Balaban J connectivity index is 1.86. The summed E-state index contributed by atoms with van der Waals surface area (Å²) >= 11 is 0. The standard InChI is InChI=1S/C10H17FN2O/c11-4-8-2-1-3-13(7-8)10(14)9-5-12-6-9/h8-9,12H,1-7H2/t8-/m1/s1. The van der Waals surface area contributed by atoms with E-state index in [1.165, 1.54) is 0 Å². The minimum Gasteiger partial charge on any atom is -0.342 e. The van der Waals surface area contributed by atoms with Crippen molar-refractivity contribution in [3.05, 3.63) is 0 Å². The summed E-state index contributed by atoms with van der Waals surface area (Å²) in [5.74, 6) is 0.469. The molecule has 80 valence electrons. The lowest BCUT2D eigenvalue weighted by Crippen LogP contribution is -2.54. The van der Waals surface area contributed by atoms with E-state index in [2.05, 4.69) is 5.32 Å². The number of carbonyl (C=O) groups excluding carboxylic acids is 1. The number of piperidine rings is 1. The lowest BCUT2D eigenvalue weighted by molar-refractivity contribution is -0.139. The second-order valence-electron chi connectivity index (χ2n) is 4.30. The molecule has 1 N–H and O–H groups in total. The molecule has 2 aliphatic heterocycles. The Kier molecular flexibility index (Phi) is 3.01. The highest BCUT2D eigenvalue weighted by Gasteiger charge is 2.31. The smallest absolute Gasteiger partial charge is 0.228 e. The normalized spacial score (nSPS) is 28.6. The van der Waals surface area contributed by atoms with Crippen LogP contribution in [0.25, 0.3) is 0 Å². The molecular formula is C10H17FN2O. The molecule has 0 aromatic carbocycles. The van der Waals surface area contributed by atoms with Crippen LogP contribution in [0.4, 0.5) is 4.39 Å². The second kappa shape index (κ2) is 4.26. The Morgan fingerprint density at radius 3 is 2.86 bits per heavy atom. The van der Waals surface area contributed by atoms with Crippen molar-refractivity contribution in [3.8, 4) is 0 Å². The Labute approximate surface area is 83.6 Å². The van der Waals surface area contributed by atoms with Crippen molar-refractivity contribution in [3.63, 3.8) is 0 Å². The van der Waals surface area contributed by atoms with Gasteiger partial charge in [-0.25, -0.2) is 0 Å². The van der Waals surface area contributed by atoms with E-state index in [0.717, 1.165) is 32.5 Å². The maximum Gasteiger partial charge on any atom is 0.228 e. The topological polar surface area (TPSA) is 32.3 Å². The molecule has 0 radical (unpaired) electrons. The summed E-state index contributed by atoms with van der Waals surface area (Å²) in [6, 6.07) is 0. The lowest BCUT2D eigenvalue weighted by atomic mass is 9.96. The number of amides is 1. The molecule has 4 heteroatoms. The largest absolute Gasteiger partial charge is 0.342 e. The quantitative estimate of drug-likeness (QED) is 0.700. The van der Waals surface area contributed by atoms with Crippen LogP contribution in [0.3, 0.4) is 0 Å². The average molecular weight is 200 g/mol. The van der Waals surface area contributed by atoms with E-state index in [4.69, 9.17) is 0 Å². The minimum absolute atomic E-state index is 0.0840. The molecule has 1 amide bonds. The predicted molar refractivity (Wildman–Crippen MR) is 51.6 cm³/mol. The van der Waals surface area contributed by atoms with Crippen LogP contribution in [0, 0.1) is 11.8 Å². The second-order valence-corrected chi connectivity index (χ2v) is 4.30. The van der Waals surface area contributed by atoms with Crippen LogP contribution >= 0.6 is 0 Å². The Hall–Kier alpha value is -0.640. The van der Waals surface area contributed by atoms with Gasteiger partial charge in [0.1, 0.15) is 0 Å². The number of halogens is 1. The molecule has 1 atom stereocenters. The van der Waals surface area contributed by atoms with Crippen molar-refractivity contribution in [2.24, 2.45) is 11.8 Å². The van der Waals surface area contributed by atoms with Crippen LogP contribution in [0.15, 0.2) is 0 Å². The SMILES string of the molecule is O=C(C1CNC1)N1CCC[C@H](CF)C1. The summed E-state index contributed by atoms with van der Waals surface area (Å²) < 4.78 is 12.5. The fourth-order valence-electron chi connectivity index (χ4n) is 2.11. The summed E-state index contributed by atoms with van der Waals surface area (Å²) in [5.41, 5.74) is 0. The van der Waals surface area contributed by atoms with Gasteiger partial charge >= 0.3 is 0 Å². The number of rotatable bonds is 2. The molecule has 3 nitrogen and oxygen atoms in total. The highest BCUT2D eigenvalue weighted by atomic mass is 19.1. The molecule has 2 heterocycles. The maximum atomic E-state index is 12.5. The van der Waals surface area contributed by atoms with Gasteiger partial charge in [0.15, 0.2) is 0 Å². The molecule has 0 saturated carbocycles. The molecule has 2 aliphatic rings. The zero-order valence-corrected chi connectivity index (χ0v) is 8.34. The number of alkyl halides is 1. The molecule has 0 unspecified atom stereocenters. The van der Waals surface area contributed by atoms with Gasteiger partial charge in [-0.1, -0.05) is 0 Å². The van der Waals surface area contributed by atoms with Crippen LogP contribution in [-0.4, -0.2) is 43.7 Å². The van der Waals surface area contributed by atoms with Crippen molar-refractivity contribution in [2.75, 3.05) is 32.9 Å². The third-order valence-electron chi connectivity index (χ3n) is 3.18. The summed E-state index contributed by atoms with van der Waals surface area (Å²) in [6.45, 7) is 2.77. The van der Waals surface area contributed by atoms with Crippen molar-refractivity contribution < 1.29 is 9.18 Å². The van der Waals surface area contributed by atoms with Crippen LogP contribution in [0.2, 0.25) is 0 Å². The van der Waals surface area contributed by atoms with Crippen LogP contribution in [0.1, 0.15) is 12.8 Å². The van der Waals surface area contributed by atoms with Crippen LogP contribution in [0.5, 0.6) is 0 Å². The molecule has 0 aromatic rings. The number of likely N-dealkylation sites (tertiary alicyclic amines) is 1. The lowest BCUT2D eigenvalue weighted by Gasteiger charge is -2.36. The maximum absolute atomic E-state index is 12.5. The van der Waals surface area contributed by atoms with E-state index < -0.39 is 0 Å². The molecule has 2 fully saturated rings. The van der Waals surface area contributed by atoms with Crippen molar-refractivity contribution in [2.45, 2.75) is 12.8 Å². The van der Waals surface area contributed by atoms with Crippen molar-refractivity contribution in [1.82, 2.24) is 10.2 Å². The zero-order valence-electron chi connectivity index (χ0n) is 8.34. The van der Waals surface area contributed by atoms with Gasteiger partial charge in [-0.15, -0.1) is 0 Å². The first kappa shape index (κ1) is 9.90. The van der Waals surface area contributed by atoms with E-state index in [0.29, 0.717) is 6.54 Å². The van der Waals surface area contributed by atoms with Crippen LogP contribution in [-0.2, 0) is 4.79 Å². The Morgan fingerprint density at radius 2 is 2.29 bits per heavy atom. The monoisotopic (exact) mass is 200 g/mol. The van der Waals surface area contributed by atoms with Gasteiger partial charge in [-0.2, -0.15) is 0 Å². The van der Waals surface area contributed by atoms with E-state index in [1.807, 2.05) is 4.90 Å². The molecule has 2 rings (SSSR count). The third kappa shape index (κ3) is 1.90. The first-order valence-electron chi connectivity index (χ1n) is 5.36. The molecule has 0 bridgehead atoms. The summed E-state index contributed by atoms with van der Waals surface area (Å²) in [6.07, 6.45) is 1.89. The van der Waals surface area contributed by atoms with Gasteiger partial charge in [-0.3, -0.25) is 9.18 Å². The molecule has 14 heavy (non-hydrogen) atoms. The summed E-state index contributed by atoms with van der Waals surface area (Å²) in [4.78, 5) is 13.7. The first-order valence-corrected chi connectivity index (χ1v) is 5.36. The number of nitrogens with zero attached hydrogens (tertiary/aromatic N) is 1. The molecule has 0 aromatic heterocycles. The van der Waals surface area contributed by atoms with Gasteiger partial charge in [0.2, 0.25) is 5.91 Å². The van der Waals surface area contributed by atoms with Gasteiger partial charge in [0.05, 0.1) is 12.6 Å². The predicted octanol–water partition coefficient (Wildman–Crippen LogP) is 0.414. The number of carbonyl (C=O) groups is 1. The molecule has 0 spiro atoms. The summed E-state index contributed by atoms with van der Waals surface area (Å²) in [5, 5.41) is 3.08. The Morgan fingerprint density at radius 1 is 1.50 bits per heavy atom. The molecule has 2 saturated heterocycles. The first-order chi connectivity index (χ1) is 6.81. The van der Waals surface area contributed by atoms with Gasteiger partial charge in [0.25, 0.3) is 0 Å². The van der Waals surface area contributed by atoms with Crippen molar-refractivity contribution >= 4 is 5.91 Å². The van der Waals surface area contributed by atoms with E-state index in [-0.39, 0.29) is 24.4 Å². The zero-order chi connectivity index (χ0) is 9.97. The van der Waals surface area contributed by atoms with E-state index >= 15 is 0 Å². The van der Waals surface area contributed by atoms with E-state index in [9.17, 15) is 9.18 Å². The highest BCUT2D eigenvalue weighted by Crippen LogP contribution is 2.19. The fraction of sp³-hybridized carbons (Fsp3) is 0.900.